The van der Waals surface area contributed by atoms with Crippen LogP contribution in [0.25, 0.3) is 5.69 Å². The van der Waals surface area contributed by atoms with Gasteiger partial charge in [-0.15, -0.1) is 16.8 Å². The van der Waals surface area contributed by atoms with Crippen LogP contribution in [0.4, 0.5) is 5.82 Å². The van der Waals surface area contributed by atoms with Crippen LogP contribution in [0, 0.1) is 13.8 Å². The number of carbonyl (C=O) groups is 1. The van der Waals surface area contributed by atoms with Gasteiger partial charge in [0.05, 0.1) is 17.1 Å². The summed E-state index contributed by atoms with van der Waals surface area (Å²) in [6.07, 6.45) is 1.78. The molecule has 7 nitrogen and oxygen atoms in total. The molecule has 0 aliphatic rings. The van der Waals surface area contributed by atoms with Crippen LogP contribution in [-0.4, -0.2) is 36.2 Å². The number of carbonyl (C=O) groups excluding carboxylic acids is 1. The second-order valence-corrected chi connectivity index (χ2v) is 6.63. The number of aryl methyl sites for hydroxylation is 2. The van der Waals surface area contributed by atoms with Crippen molar-refractivity contribution in [3.63, 3.8) is 0 Å². The fourth-order valence-electron chi connectivity index (χ4n) is 2.47. The Morgan fingerprint density at radius 3 is 2.77 bits per heavy atom. The summed E-state index contributed by atoms with van der Waals surface area (Å²) in [7, 11) is 0. The fraction of sp³-hybridized carbons (Fsp3) is 0.222. The summed E-state index contributed by atoms with van der Waals surface area (Å²) >= 11 is 1.34. The van der Waals surface area contributed by atoms with Gasteiger partial charge in [-0.3, -0.25) is 4.79 Å². The molecule has 0 spiro atoms. The molecule has 0 radical (unpaired) electrons. The van der Waals surface area contributed by atoms with Gasteiger partial charge in [0.25, 0.3) is 0 Å². The van der Waals surface area contributed by atoms with E-state index in [0.717, 1.165) is 17.2 Å². The molecule has 0 aliphatic carbocycles. The minimum atomic E-state index is -0.127. The molecular weight excluding hydrogens is 348 g/mol. The molecule has 2 heterocycles. The van der Waals surface area contributed by atoms with Gasteiger partial charge in [0.15, 0.2) is 5.16 Å². The van der Waals surface area contributed by atoms with Gasteiger partial charge >= 0.3 is 0 Å². The van der Waals surface area contributed by atoms with Gasteiger partial charge in [-0.1, -0.05) is 36.0 Å². The lowest BCUT2D eigenvalue weighted by atomic mass is 10.3. The van der Waals surface area contributed by atoms with E-state index in [2.05, 4.69) is 27.2 Å². The number of rotatable bonds is 7. The van der Waals surface area contributed by atoms with E-state index in [9.17, 15) is 4.79 Å². The molecule has 134 valence electrons. The summed E-state index contributed by atoms with van der Waals surface area (Å²) < 4.78 is 3.64. The van der Waals surface area contributed by atoms with Crippen LogP contribution in [0.1, 0.15) is 11.5 Å². The van der Waals surface area contributed by atoms with Crippen molar-refractivity contribution in [1.82, 2.24) is 24.5 Å². The summed E-state index contributed by atoms with van der Waals surface area (Å²) in [5, 5.41) is 16.2. The molecule has 0 atom stereocenters. The molecule has 8 heteroatoms. The Balaban J connectivity index is 1.69. The van der Waals surface area contributed by atoms with Gasteiger partial charge in [-0.2, -0.15) is 5.10 Å². The van der Waals surface area contributed by atoms with Crippen molar-refractivity contribution in [2.75, 3.05) is 11.1 Å². The zero-order chi connectivity index (χ0) is 18.5. The average Bonchev–Trinajstić information content (AvgIpc) is 3.17. The third-order valence-corrected chi connectivity index (χ3v) is 4.61. The van der Waals surface area contributed by atoms with Crippen LogP contribution in [-0.2, 0) is 11.3 Å². The number of aromatic nitrogens is 5. The van der Waals surface area contributed by atoms with Gasteiger partial charge in [-0.25, -0.2) is 4.68 Å². The maximum absolute atomic E-state index is 12.4. The number of para-hydroxylation sites is 1. The third kappa shape index (κ3) is 4.02. The number of nitrogens with one attached hydrogen (secondary N) is 1. The fourth-order valence-corrected chi connectivity index (χ4v) is 3.26. The van der Waals surface area contributed by atoms with Crippen LogP contribution >= 0.6 is 11.8 Å². The Hall–Kier alpha value is -2.87. The smallest absolute Gasteiger partial charge is 0.236 e. The van der Waals surface area contributed by atoms with Crippen molar-refractivity contribution in [3.8, 4) is 5.69 Å². The van der Waals surface area contributed by atoms with Crippen LogP contribution in [0.3, 0.4) is 0 Å². The Kier molecular flexibility index (Phi) is 5.52. The van der Waals surface area contributed by atoms with E-state index < -0.39 is 0 Å². The molecule has 1 aromatic carbocycles. The van der Waals surface area contributed by atoms with E-state index in [-0.39, 0.29) is 11.7 Å². The molecule has 0 saturated heterocycles. The van der Waals surface area contributed by atoms with E-state index in [1.54, 1.807) is 10.8 Å². The number of hydrogen-bond donors (Lipinski definition) is 1. The quantitative estimate of drug-likeness (QED) is 0.512. The monoisotopic (exact) mass is 368 g/mol. The van der Waals surface area contributed by atoms with Crippen molar-refractivity contribution in [1.29, 1.82) is 0 Å². The van der Waals surface area contributed by atoms with Crippen molar-refractivity contribution >= 4 is 23.5 Å². The molecule has 2 aromatic heterocycles. The lowest BCUT2D eigenvalue weighted by Crippen LogP contribution is -2.17. The molecular formula is C18H20N6OS. The first kappa shape index (κ1) is 17.9. The predicted octanol–water partition coefficient (Wildman–Crippen LogP) is 3.00. The molecule has 0 fully saturated rings. The maximum atomic E-state index is 12.4. The number of allylic oxidation sites excluding steroid dienone is 1. The molecule has 1 amide bonds. The van der Waals surface area contributed by atoms with Crippen LogP contribution in [0.2, 0.25) is 0 Å². The van der Waals surface area contributed by atoms with Gasteiger partial charge < -0.3 is 9.88 Å². The summed E-state index contributed by atoms with van der Waals surface area (Å²) in [4.78, 5) is 12.4. The zero-order valence-electron chi connectivity index (χ0n) is 14.7. The van der Waals surface area contributed by atoms with E-state index in [1.807, 2.05) is 54.8 Å². The summed E-state index contributed by atoms with van der Waals surface area (Å²) in [5.74, 6) is 1.54. The molecule has 0 aliphatic heterocycles. The lowest BCUT2D eigenvalue weighted by molar-refractivity contribution is -0.113. The molecule has 0 saturated carbocycles. The summed E-state index contributed by atoms with van der Waals surface area (Å²) in [6.45, 7) is 8.12. The van der Waals surface area contributed by atoms with E-state index >= 15 is 0 Å². The topological polar surface area (TPSA) is 77.6 Å². The number of amides is 1. The first-order valence-electron chi connectivity index (χ1n) is 8.14. The lowest BCUT2D eigenvalue weighted by Gasteiger charge is -2.09. The first-order valence-corrected chi connectivity index (χ1v) is 9.12. The van der Waals surface area contributed by atoms with E-state index in [1.165, 1.54) is 11.8 Å². The Labute approximate surface area is 156 Å². The van der Waals surface area contributed by atoms with Crippen molar-refractivity contribution < 1.29 is 4.79 Å². The maximum Gasteiger partial charge on any atom is 0.236 e. The minimum absolute atomic E-state index is 0.127. The second kappa shape index (κ2) is 8.01. The van der Waals surface area contributed by atoms with Crippen LogP contribution in [0.15, 0.2) is 54.2 Å². The SMILES string of the molecule is C=CCn1c(C)nnc1SCC(=O)Nc1cc(C)nn1-c1ccccc1. The standard InChI is InChI=1S/C18H20N6OS/c1-4-10-23-14(3)20-21-18(23)26-12-17(25)19-16-11-13(2)22-24(16)15-8-6-5-7-9-15/h4-9,11H,1,10,12H2,2-3H3,(H,19,25). The summed E-state index contributed by atoms with van der Waals surface area (Å²) in [5.41, 5.74) is 1.73. The van der Waals surface area contributed by atoms with Gasteiger partial charge in [0, 0.05) is 12.6 Å². The van der Waals surface area contributed by atoms with Gasteiger partial charge in [-0.05, 0) is 26.0 Å². The highest BCUT2D eigenvalue weighted by atomic mass is 32.2. The highest BCUT2D eigenvalue weighted by Gasteiger charge is 2.14. The highest BCUT2D eigenvalue weighted by molar-refractivity contribution is 7.99. The molecule has 0 unspecified atom stereocenters. The minimum Gasteiger partial charge on any atom is -0.310 e. The van der Waals surface area contributed by atoms with Crippen molar-refractivity contribution in [3.05, 3.63) is 60.6 Å². The number of nitrogens with zero attached hydrogens (tertiary/aromatic N) is 5. The average molecular weight is 368 g/mol. The highest BCUT2D eigenvalue weighted by Crippen LogP contribution is 2.19. The number of thioether (sulfide) groups is 1. The largest absolute Gasteiger partial charge is 0.310 e. The van der Waals surface area contributed by atoms with Gasteiger partial charge in [0.1, 0.15) is 11.6 Å². The molecule has 1 N–H and O–H groups in total. The molecule has 3 aromatic rings. The Bertz CT molecular complexity index is 915. The number of benzene rings is 1. The van der Waals surface area contributed by atoms with Crippen molar-refractivity contribution in [2.24, 2.45) is 0 Å². The zero-order valence-corrected chi connectivity index (χ0v) is 15.5. The van der Waals surface area contributed by atoms with Crippen molar-refractivity contribution in [2.45, 2.75) is 25.5 Å². The molecule has 26 heavy (non-hydrogen) atoms. The van der Waals surface area contributed by atoms with Crippen LogP contribution < -0.4 is 5.32 Å². The summed E-state index contributed by atoms with van der Waals surface area (Å²) in [6, 6.07) is 11.5. The van der Waals surface area contributed by atoms with E-state index in [4.69, 9.17) is 0 Å². The Morgan fingerprint density at radius 2 is 2.04 bits per heavy atom. The van der Waals surface area contributed by atoms with Crippen LogP contribution in [0.5, 0.6) is 0 Å². The predicted molar refractivity (Wildman–Crippen MR) is 103 cm³/mol. The normalized spacial score (nSPS) is 10.7. The second-order valence-electron chi connectivity index (χ2n) is 5.68. The first-order chi connectivity index (χ1) is 12.6. The number of hydrogen-bond acceptors (Lipinski definition) is 5. The molecule has 3 rings (SSSR count). The number of anilines is 1. The Morgan fingerprint density at radius 1 is 1.27 bits per heavy atom. The third-order valence-electron chi connectivity index (χ3n) is 3.65. The molecule has 0 bridgehead atoms. The van der Waals surface area contributed by atoms with Gasteiger partial charge in [0.2, 0.25) is 5.91 Å². The van der Waals surface area contributed by atoms with E-state index in [0.29, 0.717) is 17.5 Å².